The van der Waals surface area contributed by atoms with Crippen LogP contribution in [0.4, 0.5) is 11.4 Å². The molecule has 2 heteroatoms. The van der Waals surface area contributed by atoms with Gasteiger partial charge in [0.1, 0.15) is 11.5 Å². The van der Waals surface area contributed by atoms with E-state index in [2.05, 4.69) is 89.5 Å². The lowest BCUT2D eigenvalue weighted by Crippen LogP contribution is -2.21. The van der Waals surface area contributed by atoms with Gasteiger partial charge in [0.05, 0.1) is 12.1 Å². The highest BCUT2D eigenvalue weighted by atomic mass is 16.3. The Morgan fingerprint density at radius 1 is 0.419 bits per heavy atom. The maximum Gasteiger partial charge on any atom is 0.219 e. The van der Waals surface area contributed by atoms with Gasteiger partial charge in [0, 0.05) is 35.4 Å². The lowest BCUT2D eigenvalue weighted by molar-refractivity contribution is 0.578. The first-order valence-corrected chi connectivity index (χ1v) is 10.4. The zero-order valence-electron chi connectivity index (χ0n) is 17.1. The number of para-hydroxylation sites is 2. The fourth-order valence-electron chi connectivity index (χ4n) is 3.71. The van der Waals surface area contributed by atoms with Crippen LogP contribution in [0, 0.1) is 0 Å². The number of benzene rings is 4. The lowest BCUT2D eigenvalue weighted by atomic mass is 10.1. The van der Waals surface area contributed by atoms with Gasteiger partial charge in [0.2, 0.25) is 16.7 Å². The van der Waals surface area contributed by atoms with E-state index in [0.29, 0.717) is 0 Å². The molecule has 148 valence electrons. The number of hydrogen-bond acceptors (Lipinski definition) is 1. The average Bonchev–Trinajstić information content (AvgIpc) is 2.86. The summed E-state index contributed by atoms with van der Waals surface area (Å²) in [5.41, 5.74) is 4.28. The van der Waals surface area contributed by atoms with Crippen molar-refractivity contribution in [2.24, 2.45) is 0 Å². The van der Waals surface area contributed by atoms with Gasteiger partial charge < -0.3 is 4.42 Å². The van der Waals surface area contributed by atoms with E-state index in [-0.39, 0.29) is 0 Å². The van der Waals surface area contributed by atoms with E-state index in [1.165, 1.54) is 0 Å². The first kappa shape index (κ1) is 18.8. The molecule has 0 spiro atoms. The van der Waals surface area contributed by atoms with Crippen molar-refractivity contribution in [3.8, 4) is 22.6 Å². The van der Waals surface area contributed by atoms with Gasteiger partial charge in [-0.15, -0.1) is 0 Å². The second-order valence-electron chi connectivity index (χ2n) is 7.28. The molecule has 0 unspecified atom stereocenters. The summed E-state index contributed by atoms with van der Waals surface area (Å²) < 4.78 is 8.64. The predicted molar refractivity (Wildman–Crippen MR) is 127 cm³/mol. The van der Waals surface area contributed by atoms with E-state index in [1.807, 2.05) is 48.5 Å². The van der Waals surface area contributed by atoms with Crippen molar-refractivity contribution in [2.75, 3.05) is 0 Å². The molecule has 0 saturated heterocycles. The van der Waals surface area contributed by atoms with Gasteiger partial charge in [-0.2, -0.15) is 4.58 Å². The summed E-state index contributed by atoms with van der Waals surface area (Å²) in [5, 5.41) is 1.04. The van der Waals surface area contributed by atoms with Crippen LogP contribution in [0.25, 0.3) is 22.6 Å². The third-order valence-corrected chi connectivity index (χ3v) is 5.18. The molecule has 0 aliphatic heterocycles. The predicted octanol–water partition coefficient (Wildman–Crippen LogP) is 7.05. The molecule has 31 heavy (non-hydrogen) atoms. The van der Waals surface area contributed by atoms with Gasteiger partial charge in [-0.3, -0.25) is 0 Å². The van der Waals surface area contributed by atoms with Crippen molar-refractivity contribution >= 4 is 11.4 Å². The molecule has 5 aromatic rings. The molecular weight excluding hydrogens is 378 g/mol. The van der Waals surface area contributed by atoms with Crippen LogP contribution >= 0.6 is 0 Å². The van der Waals surface area contributed by atoms with Crippen LogP contribution in [0.15, 0.2) is 138 Å². The Hall–Kier alpha value is -4.17. The minimum atomic E-state index is 0.828. The van der Waals surface area contributed by atoms with E-state index in [4.69, 9.17) is 4.42 Å². The van der Waals surface area contributed by atoms with Crippen LogP contribution in [-0.2, 0) is 0 Å². The Balaban J connectivity index is 1.87. The topological polar surface area (TPSA) is 16.1 Å². The van der Waals surface area contributed by atoms with Crippen molar-refractivity contribution in [2.45, 2.75) is 0 Å². The Morgan fingerprint density at radius 2 is 0.774 bits per heavy atom. The van der Waals surface area contributed by atoms with Crippen molar-refractivity contribution in [1.29, 1.82) is 0 Å². The van der Waals surface area contributed by atoms with E-state index in [0.717, 1.165) is 39.4 Å². The zero-order valence-corrected chi connectivity index (χ0v) is 17.1. The number of rotatable bonds is 4. The molecule has 1 aromatic heterocycles. The highest BCUT2D eigenvalue weighted by Crippen LogP contribution is 2.26. The fraction of sp³-hybridized carbons (Fsp3) is 0. The van der Waals surface area contributed by atoms with E-state index in [1.54, 1.807) is 0 Å². The molecule has 2 nitrogen and oxygen atoms in total. The first-order valence-electron chi connectivity index (χ1n) is 10.4. The summed E-state index contributed by atoms with van der Waals surface area (Å²) in [4.78, 5) is 0. The molecule has 0 fully saturated rings. The Kier molecular flexibility index (Phi) is 5.27. The smallest absolute Gasteiger partial charge is 0.219 e. The monoisotopic (exact) mass is 400 g/mol. The highest BCUT2D eigenvalue weighted by Gasteiger charge is 2.17. The summed E-state index contributed by atoms with van der Waals surface area (Å²) >= 11 is 0. The van der Waals surface area contributed by atoms with Crippen LogP contribution in [-0.4, -0.2) is 0 Å². The number of nitrogens with zero attached hydrogens (tertiary/aromatic N) is 1. The first-order chi connectivity index (χ1) is 15.4. The molecule has 0 amide bonds. The van der Waals surface area contributed by atoms with Crippen LogP contribution in [0.2, 0.25) is 0 Å². The van der Waals surface area contributed by atoms with Gasteiger partial charge in [0.15, 0.2) is 0 Å². The van der Waals surface area contributed by atoms with Gasteiger partial charge in [0.25, 0.3) is 0 Å². The maximum atomic E-state index is 6.39. The molecule has 0 atom stereocenters. The van der Waals surface area contributed by atoms with Crippen molar-refractivity contribution in [1.82, 2.24) is 4.58 Å². The molecule has 0 aliphatic rings. The Morgan fingerprint density at radius 3 is 1.16 bits per heavy atom. The summed E-state index contributed by atoms with van der Waals surface area (Å²) in [6.07, 6.45) is 0. The zero-order chi connectivity index (χ0) is 20.9. The SMILES string of the molecule is c1ccc(-c2cc(=[N+](c3ccccc3)c3ccccc3)cc(-c3ccccc3)o2)cc1. The second kappa shape index (κ2) is 8.68. The van der Waals surface area contributed by atoms with Crippen molar-refractivity contribution < 1.29 is 4.42 Å². The minimum absolute atomic E-state index is 0.828. The van der Waals surface area contributed by atoms with Crippen molar-refractivity contribution in [3.63, 3.8) is 0 Å². The van der Waals surface area contributed by atoms with Crippen molar-refractivity contribution in [3.05, 3.63) is 139 Å². The maximum absolute atomic E-state index is 6.39. The van der Waals surface area contributed by atoms with E-state index < -0.39 is 0 Å². The minimum Gasteiger partial charge on any atom is -0.456 e. The molecule has 0 N–H and O–H groups in total. The van der Waals surface area contributed by atoms with E-state index >= 15 is 0 Å². The summed E-state index contributed by atoms with van der Waals surface area (Å²) in [6.45, 7) is 0. The second-order valence-corrected chi connectivity index (χ2v) is 7.28. The van der Waals surface area contributed by atoms with Crippen LogP contribution in [0.3, 0.4) is 0 Å². The summed E-state index contributed by atoms with van der Waals surface area (Å²) in [5.74, 6) is 1.66. The van der Waals surface area contributed by atoms with Crippen LogP contribution < -0.4 is 9.93 Å². The third kappa shape index (κ3) is 4.10. The Bertz CT molecular complexity index is 1240. The molecule has 0 radical (unpaired) electrons. The summed E-state index contributed by atoms with van der Waals surface area (Å²) in [6, 6.07) is 45.5. The fourth-order valence-corrected chi connectivity index (χ4v) is 3.71. The molecule has 5 rings (SSSR count). The summed E-state index contributed by atoms with van der Waals surface area (Å²) in [7, 11) is 0. The van der Waals surface area contributed by atoms with Gasteiger partial charge in [-0.05, 0) is 0 Å². The molecule has 0 saturated carbocycles. The van der Waals surface area contributed by atoms with Crippen LogP contribution in [0.1, 0.15) is 0 Å². The number of hydrogen-bond donors (Lipinski definition) is 0. The molecule has 0 bridgehead atoms. The van der Waals surface area contributed by atoms with E-state index in [9.17, 15) is 0 Å². The Labute approximate surface area is 182 Å². The average molecular weight is 401 g/mol. The van der Waals surface area contributed by atoms with Crippen LogP contribution in [0.5, 0.6) is 0 Å². The molecule has 0 aliphatic carbocycles. The normalized spacial score (nSPS) is 10.6. The standard InChI is InChI=1S/C29H22NO/c1-5-13-23(14-6-1)28-21-27(22-29(31-28)24-15-7-2-8-16-24)30(25-17-9-3-10-18-25)26-19-11-4-12-20-26/h1-22H/q+1. The quantitative estimate of drug-likeness (QED) is 0.295. The molecular formula is C29H22NO+. The molecule has 4 aromatic carbocycles. The van der Waals surface area contributed by atoms with Gasteiger partial charge >= 0.3 is 0 Å². The van der Waals surface area contributed by atoms with Gasteiger partial charge in [-0.1, -0.05) is 97.1 Å². The highest BCUT2D eigenvalue weighted by molar-refractivity contribution is 5.63. The van der Waals surface area contributed by atoms with Gasteiger partial charge in [-0.25, -0.2) is 0 Å². The third-order valence-electron chi connectivity index (χ3n) is 5.18. The largest absolute Gasteiger partial charge is 0.456 e. The molecule has 1 heterocycles. The lowest BCUT2D eigenvalue weighted by Gasteiger charge is -2.07.